The monoisotopic (exact) mass is 196 g/mol. The Kier molecular flexibility index (Phi) is 3.24. The van der Waals surface area contributed by atoms with E-state index in [2.05, 4.69) is 12.2 Å². The third-order valence-corrected chi connectivity index (χ3v) is 3.72. The zero-order valence-electron chi connectivity index (χ0n) is 8.74. The molecular formula is C12H20O2. The first-order valence-corrected chi connectivity index (χ1v) is 5.68. The molecule has 2 rings (SSSR count). The van der Waals surface area contributed by atoms with Crippen LogP contribution >= 0.6 is 0 Å². The maximum absolute atomic E-state index is 9.53. The van der Waals surface area contributed by atoms with Crippen LogP contribution in [0.5, 0.6) is 0 Å². The van der Waals surface area contributed by atoms with Gasteiger partial charge in [0.2, 0.25) is 0 Å². The second-order valence-electron chi connectivity index (χ2n) is 4.78. The van der Waals surface area contributed by atoms with Gasteiger partial charge in [-0.1, -0.05) is 12.2 Å². The summed E-state index contributed by atoms with van der Waals surface area (Å²) >= 11 is 0. The van der Waals surface area contributed by atoms with Crippen molar-refractivity contribution < 1.29 is 9.84 Å². The SMILES string of the molecule is OCC1(CC2CC=CC2)CCOCC1. The summed E-state index contributed by atoms with van der Waals surface area (Å²) in [6.45, 7) is 2.01. The summed E-state index contributed by atoms with van der Waals surface area (Å²) in [5.74, 6) is 0.778. The van der Waals surface area contributed by atoms with Gasteiger partial charge in [0, 0.05) is 19.8 Å². The topological polar surface area (TPSA) is 29.5 Å². The molecule has 1 saturated heterocycles. The highest BCUT2D eigenvalue weighted by atomic mass is 16.5. The van der Waals surface area contributed by atoms with Crippen LogP contribution < -0.4 is 0 Å². The minimum atomic E-state index is 0.176. The number of rotatable bonds is 3. The molecule has 2 nitrogen and oxygen atoms in total. The van der Waals surface area contributed by atoms with Crippen LogP contribution in [0, 0.1) is 11.3 Å². The first-order chi connectivity index (χ1) is 6.85. The summed E-state index contributed by atoms with van der Waals surface area (Å²) in [6, 6.07) is 0. The van der Waals surface area contributed by atoms with Gasteiger partial charge < -0.3 is 9.84 Å². The second kappa shape index (κ2) is 4.45. The Labute approximate surface area is 86.0 Å². The third kappa shape index (κ3) is 2.18. The van der Waals surface area contributed by atoms with Gasteiger partial charge in [0.1, 0.15) is 0 Å². The van der Waals surface area contributed by atoms with Crippen LogP contribution in [-0.2, 0) is 4.74 Å². The van der Waals surface area contributed by atoms with Crippen molar-refractivity contribution in [1.82, 2.24) is 0 Å². The standard InChI is InChI=1S/C12H20O2/c13-10-12(5-7-14-8-6-12)9-11-3-1-2-4-11/h1-2,11,13H,3-10H2. The van der Waals surface area contributed by atoms with E-state index in [-0.39, 0.29) is 5.41 Å². The minimum Gasteiger partial charge on any atom is -0.396 e. The molecule has 0 atom stereocenters. The Hall–Kier alpha value is -0.340. The van der Waals surface area contributed by atoms with Crippen molar-refractivity contribution in [3.8, 4) is 0 Å². The number of aliphatic hydroxyl groups is 1. The van der Waals surface area contributed by atoms with E-state index in [1.54, 1.807) is 0 Å². The largest absolute Gasteiger partial charge is 0.396 e. The molecule has 0 aromatic heterocycles. The Morgan fingerprint density at radius 1 is 1.21 bits per heavy atom. The zero-order valence-corrected chi connectivity index (χ0v) is 8.74. The molecule has 1 heterocycles. The quantitative estimate of drug-likeness (QED) is 0.701. The number of ether oxygens (including phenoxy) is 1. The molecule has 0 unspecified atom stereocenters. The molecule has 1 aliphatic heterocycles. The maximum atomic E-state index is 9.53. The van der Waals surface area contributed by atoms with Crippen LogP contribution in [0.1, 0.15) is 32.1 Å². The predicted octanol–water partition coefficient (Wildman–Crippen LogP) is 2.13. The van der Waals surface area contributed by atoms with Crippen LogP contribution in [0.25, 0.3) is 0 Å². The van der Waals surface area contributed by atoms with Gasteiger partial charge in [-0.15, -0.1) is 0 Å². The summed E-state index contributed by atoms with van der Waals surface area (Å²) in [7, 11) is 0. The van der Waals surface area contributed by atoms with E-state index < -0.39 is 0 Å². The summed E-state index contributed by atoms with van der Waals surface area (Å²) < 4.78 is 5.36. The van der Waals surface area contributed by atoms with Crippen LogP contribution in [0.4, 0.5) is 0 Å². The van der Waals surface area contributed by atoms with E-state index in [1.807, 2.05) is 0 Å². The van der Waals surface area contributed by atoms with Gasteiger partial charge in [0.25, 0.3) is 0 Å². The van der Waals surface area contributed by atoms with Crippen molar-refractivity contribution in [2.75, 3.05) is 19.8 Å². The Morgan fingerprint density at radius 3 is 2.43 bits per heavy atom. The van der Waals surface area contributed by atoms with Crippen LogP contribution in [0.2, 0.25) is 0 Å². The minimum absolute atomic E-state index is 0.176. The first kappa shape index (κ1) is 10.2. The van der Waals surface area contributed by atoms with E-state index in [0.29, 0.717) is 6.61 Å². The van der Waals surface area contributed by atoms with E-state index in [9.17, 15) is 5.11 Å². The number of allylic oxidation sites excluding steroid dienone is 2. The summed E-state index contributed by atoms with van der Waals surface area (Å²) in [5, 5.41) is 9.53. The van der Waals surface area contributed by atoms with E-state index in [1.165, 1.54) is 19.3 Å². The molecule has 0 aromatic rings. The van der Waals surface area contributed by atoms with E-state index >= 15 is 0 Å². The van der Waals surface area contributed by atoms with E-state index in [0.717, 1.165) is 32.0 Å². The highest BCUT2D eigenvalue weighted by molar-refractivity contribution is 4.97. The molecule has 2 aliphatic rings. The lowest BCUT2D eigenvalue weighted by Gasteiger charge is -2.37. The molecule has 80 valence electrons. The molecule has 1 aliphatic carbocycles. The van der Waals surface area contributed by atoms with Crippen LogP contribution in [0.15, 0.2) is 12.2 Å². The fourth-order valence-electron chi connectivity index (χ4n) is 2.68. The number of hydrogen-bond donors (Lipinski definition) is 1. The molecular weight excluding hydrogens is 176 g/mol. The lowest BCUT2D eigenvalue weighted by Crippen LogP contribution is -2.34. The average molecular weight is 196 g/mol. The fourth-order valence-corrected chi connectivity index (χ4v) is 2.68. The van der Waals surface area contributed by atoms with Crippen molar-refractivity contribution in [2.24, 2.45) is 11.3 Å². The Morgan fingerprint density at radius 2 is 1.86 bits per heavy atom. The summed E-state index contributed by atoms with van der Waals surface area (Å²) in [5.41, 5.74) is 0.176. The molecule has 1 fully saturated rings. The van der Waals surface area contributed by atoms with Crippen LogP contribution in [-0.4, -0.2) is 24.9 Å². The van der Waals surface area contributed by atoms with Crippen LogP contribution in [0.3, 0.4) is 0 Å². The first-order valence-electron chi connectivity index (χ1n) is 5.68. The highest BCUT2D eigenvalue weighted by Gasteiger charge is 2.34. The molecule has 0 spiro atoms. The molecule has 14 heavy (non-hydrogen) atoms. The van der Waals surface area contributed by atoms with Crippen molar-refractivity contribution in [2.45, 2.75) is 32.1 Å². The molecule has 0 saturated carbocycles. The zero-order chi connectivity index (χ0) is 9.86. The van der Waals surface area contributed by atoms with Gasteiger partial charge in [-0.3, -0.25) is 0 Å². The second-order valence-corrected chi connectivity index (χ2v) is 4.78. The lowest BCUT2D eigenvalue weighted by molar-refractivity contribution is -0.0282. The molecule has 1 N–H and O–H groups in total. The number of aliphatic hydroxyl groups excluding tert-OH is 1. The van der Waals surface area contributed by atoms with Gasteiger partial charge in [-0.25, -0.2) is 0 Å². The molecule has 2 heteroatoms. The molecule has 0 bridgehead atoms. The van der Waals surface area contributed by atoms with Crippen molar-refractivity contribution in [3.63, 3.8) is 0 Å². The normalized spacial score (nSPS) is 26.9. The number of hydrogen-bond acceptors (Lipinski definition) is 2. The van der Waals surface area contributed by atoms with Gasteiger partial charge in [-0.2, -0.15) is 0 Å². The average Bonchev–Trinajstić information content (AvgIpc) is 2.72. The van der Waals surface area contributed by atoms with Crippen molar-refractivity contribution in [3.05, 3.63) is 12.2 Å². The Balaban J connectivity index is 1.90. The van der Waals surface area contributed by atoms with Crippen molar-refractivity contribution in [1.29, 1.82) is 0 Å². The lowest BCUT2D eigenvalue weighted by atomic mass is 9.73. The maximum Gasteiger partial charge on any atom is 0.0489 e. The summed E-state index contributed by atoms with van der Waals surface area (Å²) in [4.78, 5) is 0. The third-order valence-electron chi connectivity index (χ3n) is 3.72. The fraction of sp³-hybridized carbons (Fsp3) is 0.833. The van der Waals surface area contributed by atoms with Gasteiger partial charge >= 0.3 is 0 Å². The van der Waals surface area contributed by atoms with Gasteiger partial charge in [0.15, 0.2) is 0 Å². The Bertz CT molecular complexity index is 196. The molecule has 0 aromatic carbocycles. The molecule has 0 radical (unpaired) electrons. The molecule has 0 amide bonds. The summed E-state index contributed by atoms with van der Waals surface area (Å²) in [6.07, 6.45) is 10.2. The smallest absolute Gasteiger partial charge is 0.0489 e. The predicted molar refractivity (Wildman–Crippen MR) is 56.1 cm³/mol. The van der Waals surface area contributed by atoms with Gasteiger partial charge in [-0.05, 0) is 43.4 Å². The van der Waals surface area contributed by atoms with E-state index in [4.69, 9.17) is 4.74 Å². The van der Waals surface area contributed by atoms with Crippen molar-refractivity contribution >= 4 is 0 Å². The van der Waals surface area contributed by atoms with Gasteiger partial charge in [0.05, 0.1) is 0 Å². The highest BCUT2D eigenvalue weighted by Crippen LogP contribution is 2.39.